The minimum Gasteiger partial charge on any atom is -0.394 e. The molecule has 0 radical (unpaired) electrons. The van der Waals surface area contributed by atoms with E-state index in [9.17, 15) is 14.3 Å². The smallest absolute Gasteiger partial charge is 0.251 e. The summed E-state index contributed by atoms with van der Waals surface area (Å²) >= 11 is 5.74. The van der Waals surface area contributed by atoms with Gasteiger partial charge < -0.3 is 20.1 Å². The summed E-state index contributed by atoms with van der Waals surface area (Å²) in [6.07, 6.45) is 4.66. The summed E-state index contributed by atoms with van der Waals surface area (Å²) in [4.78, 5) is 21.5. The summed E-state index contributed by atoms with van der Waals surface area (Å²) in [6.45, 7) is -0.148. The molecule has 0 fully saturated rings. The molecule has 170 valence electrons. The van der Waals surface area contributed by atoms with E-state index in [2.05, 4.69) is 20.4 Å². The molecule has 3 N–H and O–H groups in total. The third-order valence-corrected chi connectivity index (χ3v) is 5.31. The van der Waals surface area contributed by atoms with Gasteiger partial charge in [-0.15, -0.1) is 0 Å². The van der Waals surface area contributed by atoms with Gasteiger partial charge in [-0.2, -0.15) is 5.10 Å². The SMILES string of the molecule is O=c1cc(-c2ccnc(Nc3ccnn3CCO)n2)ccn1C(CO)c1ccc(Cl)c(F)c1. The lowest BCUT2D eigenvalue weighted by Gasteiger charge is -2.18. The molecule has 0 aliphatic carbocycles. The molecule has 0 aliphatic heterocycles. The van der Waals surface area contributed by atoms with Gasteiger partial charge in [0.1, 0.15) is 11.6 Å². The zero-order chi connectivity index (χ0) is 23.4. The van der Waals surface area contributed by atoms with E-state index < -0.39 is 24.0 Å². The van der Waals surface area contributed by atoms with Gasteiger partial charge in [0, 0.05) is 30.1 Å². The number of aromatic nitrogens is 5. The van der Waals surface area contributed by atoms with Crippen molar-refractivity contribution in [2.24, 2.45) is 0 Å². The van der Waals surface area contributed by atoms with E-state index in [1.54, 1.807) is 41.3 Å². The largest absolute Gasteiger partial charge is 0.394 e. The van der Waals surface area contributed by atoms with Crippen LogP contribution in [0.25, 0.3) is 11.3 Å². The molecule has 0 amide bonds. The van der Waals surface area contributed by atoms with Gasteiger partial charge in [0.25, 0.3) is 5.56 Å². The van der Waals surface area contributed by atoms with Gasteiger partial charge >= 0.3 is 0 Å². The molecular formula is C22H20ClFN6O3. The van der Waals surface area contributed by atoms with Crippen molar-refractivity contribution in [2.45, 2.75) is 12.6 Å². The number of rotatable bonds is 8. The Morgan fingerprint density at radius 2 is 1.97 bits per heavy atom. The van der Waals surface area contributed by atoms with Crippen molar-refractivity contribution in [2.75, 3.05) is 18.5 Å². The standard InChI is InChI=1S/C22H20ClFN6O3/c23-16-2-1-15(11-17(16)24)19(13-32)29-8-5-14(12-21(29)33)18-3-6-25-22(27-18)28-20-4-7-26-30(20)9-10-31/h1-8,11-12,19,31-32H,9-10,13H2,(H,25,27,28). The van der Waals surface area contributed by atoms with Gasteiger partial charge in [-0.1, -0.05) is 17.7 Å². The molecule has 4 rings (SSSR count). The van der Waals surface area contributed by atoms with Crippen molar-refractivity contribution in [3.05, 3.63) is 87.8 Å². The first-order chi connectivity index (χ1) is 16.0. The monoisotopic (exact) mass is 470 g/mol. The maximum Gasteiger partial charge on any atom is 0.251 e. The third kappa shape index (κ3) is 4.92. The predicted molar refractivity (Wildman–Crippen MR) is 121 cm³/mol. The second-order valence-corrected chi connectivity index (χ2v) is 7.49. The number of pyridine rings is 1. The molecule has 0 bridgehead atoms. The Kier molecular flexibility index (Phi) is 6.78. The van der Waals surface area contributed by atoms with E-state index in [1.807, 2.05) is 0 Å². The van der Waals surface area contributed by atoms with E-state index in [-0.39, 0.29) is 11.6 Å². The molecule has 4 aromatic rings. The number of halogens is 2. The summed E-state index contributed by atoms with van der Waals surface area (Å²) in [6, 6.07) is 9.83. The lowest BCUT2D eigenvalue weighted by molar-refractivity contribution is 0.247. The quantitative estimate of drug-likeness (QED) is 0.362. The third-order valence-electron chi connectivity index (χ3n) is 5.00. The lowest BCUT2D eigenvalue weighted by Crippen LogP contribution is -2.27. The van der Waals surface area contributed by atoms with Crippen LogP contribution in [0.2, 0.25) is 5.02 Å². The van der Waals surface area contributed by atoms with Crippen molar-refractivity contribution in [1.29, 1.82) is 0 Å². The summed E-state index contributed by atoms with van der Waals surface area (Å²) in [5.74, 6) is 0.275. The molecular weight excluding hydrogens is 451 g/mol. The van der Waals surface area contributed by atoms with Crippen LogP contribution in [-0.2, 0) is 6.54 Å². The summed E-state index contributed by atoms with van der Waals surface area (Å²) in [7, 11) is 0. The molecule has 9 nitrogen and oxygen atoms in total. The highest BCUT2D eigenvalue weighted by molar-refractivity contribution is 6.30. The van der Waals surface area contributed by atoms with Crippen molar-refractivity contribution in [3.63, 3.8) is 0 Å². The first kappa shape index (κ1) is 22.6. The summed E-state index contributed by atoms with van der Waals surface area (Å²) in [5, 5.41) is 26.1. The van der Waals surface area contributed by atoms with Crippen molar-refractivity contribution in [3.8, 4) is 11.3 Å². The highest BCUT2D eigenvalue weighted by atomic mass is 35.5. The van der Waals surface area contributed by atoms with Crippen LogP contribution in [-0.4, -0.2) is 47.7 Å². The molecule has 0 saturated heterocycles. The maximum atomic E-state index is 13.9. The number of aliphatic hydroxyl groups is 2. The van der Waals surface area contributed by atoms with Crippen molar-refractivity contribution in [1.82, 2.24) is 24.3 Å². The van der Waals surface area contributed by atoms with Crippen LogP contribution in [0.15, 0.2) is 65.8 Å². The van der Waals surface area contributed by atoms with Gasteiger partial charge in [0.15, 0.2) is 0 Å². The summed E-state index contributed by atoms with van der Waals surface area (Å²) in [5.41, 5.74) is 1.07. The average molecular weight is 471 g/mol. The van der Waals surface area contributed by atoms with Gasteiger partial charge in [-0.25, -0.2) is 19.0 Å². The molecule has 1 aromatic carbocycles. The highest BCUT2D eigenvalue weighted by Gasteiger charge is 2.17. The molecule has 3 aromatic heterocycles. The van der Waals surface area contributed by atoms with Crippen molar-refractivity contribution >= 4 is 23.4 Å². The number of hydrogen-bond donors (Lipinski definition) is 3. The zero-order valence-corrected chi connectivity index (χ0v) is 18.0. The number of hydrogen-bond acceptors (Lipinski definition) is 7. The van der Waals surface area contributed by atoms with Crippen LogP contribution in [0.3, 0.4) is 0 Å². The topological polar surface area (TPSA) is 118 Å². The number of benzene rings is 1. The maximum absolute atomic E-state index is 13.9. The Morgan fingerprint density at radius 1 is 1.12 bits per heavy atom. The predicted octanol–water partition coefficient (Wildman–Crippen LogP) is 2.61. The van der Waals surface area contributed by atoms with Crippen LogP contribution in [0.4, 0.5) is 16.2 Å². The van der Waals surface area contributed by atoms with Gasteiger partial charge in [-0.05, 0) is 29.8 Å². The van der Waals surface area contributed by atoms with E-state index in [0.29, 0.717) is 35.1 Å². The highest BCUT2D eigenvalue weighted by Crippen LogP contribution is 2.23. The van der Waals surface area contributed by atoms with E-state index in [1.165, 1.54) is 29.0 Å². The average Bonchev–Trinajstić information content (AvgIpc) is 3.24. The fourth-order valence-electron chi connectivity index (χ4n) is 3.39. The molecule has 0 aliphatic rings. The molecule has 11 heteroatoms. The molecule has 33 heavy (non-hydrogen) atoms. The van der Waals surface area contributed by atoms with Crippen LogP contribution in [0.5, 0.6) is 0 Å². The number of nitrogens with one attached hydrogen (secondary N) is 1. The normalized spacial score (nSPS) is 12.0. The van der Waals surface area contributed by atoms with Gasteiger partial charge in [0.2, 0.25) is 5.95 Å². The number of aliphatic hydroxyl groups excluding tert-OH is 2. The number of nitrogens with zero attached hydrogens (tertiary/aromatic N) is 5. The molecule has 0 spiro atoms. The molecule has 0 saturated carbocycles. The first-order valence-corrected chi connectivity index (χ1v) is 10.4. The minimum absolute atomic E-state index is 0.0364. The second kappa shape index (κ2) is 9.90. The second-order valence-electron chi connectivity index (χ2n) is 7.09. The van der Waals surface area contributed by atoms with E-state index in [0.717, 1.165) is 0 Å². The number of anilines is 2. The Labute approximate surface area is 192 Å². The van der Waals surface area contributed by atoms with Crippen LogP contribution < -0.4 is 10.9 Å². The Morgan fingerprint density at radius 3 is 2.70 bits per heavy atom. The lowest BCUT2D eigenvalue weighted by atomic mass is 10.1. The van der Waals surface area contributed by atoms with Crippen LogP contribution in [0, 0.1) is 5.82 Å². The van der Waals surface area contributed by atoms with Gasteiger partial charge in [-0.3, -0.25) is 4.79 Å². The van der Waals surface area contributed by atoms with Crippen molar-refractivity contribution < 1.29 is 14.6 Å². The van der Waals surface area contributed by atoms with Gasteiger partial charge in [0.05, 0.1) is 42.7 Å². The van der Waals surface area contributed by atoms with Crippen LogP contribution >= 0.6 is 11.6 Å². The van der Waals surface area contributed by atoms with E-state index in [4.69, 9.17) is 16.7 Å². The molecule has 3 heterocycles. The fraction of sp³-hybridized carbons (Fsp3) is 0.182. The fourth-order valence-corrected chi connectivity index (χ4v) is 3.50. The van der Waals surface area contributed by atoms with E-state index >= 15 is 0 Å². The zero-order valence-electron chi connectivity index (χ0n) is 17.3. The molecule has 1 atom stereocenters. The Hall–Kier alpha value is -3.60. The minimum atomic E-state index is -0.771. The molecule has 1 unspecified atom stereocenters. The Bertz CT molecular complexity index is 1330. The summed E-state index contributed by atoms with van der Waals surface area (Å²) < 4.78 is 16.8. The first-order valence-electron chi connectivity index (χ1n) is 10.0. The Balaban J connectivity index is 1.61. The van der Waals surface area contributed by atoms with Crippen LogP contribution in [0.1, 0.15) is 11.6 Å².